The minimum atomic E-state index is 0.230. The highest BCUT2D eigenvalue weighted by atomic mass is 16.2. The summed E-state index contributed by atoms with van der Waals surface area (Å²) in [7, 11) is 0. The SMILES string of the molecule is O=C1CCC(N2CCC(CN3CCNCC3)CC2)N1. The first-order chi connectivity index (χ1) is 9.31. The van der Waals surface area contributed by atoms with Crippen molar-refractivity contribution < 1.29 is 4.79 Å². The van der Waals surface area contributed by atoms with Gasteiger partial charge in [0.1, 0.15) is 0 Å². The summed E-state index contributed by atoms with van der Waals surface area (Å²) in [5, 5.41) is 6.50. The molecule has 0 radical (unpaired) electrons. The van der Waals surface area contributed by atoms with E-state index < -0.39 is 0 Å². The number of rotatable bonds is 3. The molecule has 3 aliphatic heterocycles. The monoisotopic (exact) mass is 266 g/mol. The smallest absolute Gasteiger partial charge is 0.221 e. The lowest BCUT2D eigenvalue weighted by Crippen LogP contribution is -2.50. The van der Waals surface area contributed by atoms with E-state index >= 15 is 0 Å². The molecule has 0 aromatic rings. The zero-order chi connectivity index (χ0) is 13.1. The molecular weight excluding hydrogens is 240 g/mol. The third kappa shape index (κ3) is 3.46. The fraction of sp³-hybridized carbons (Fsp3) is 0.929. The lowest BCUT2D eigenvalue weighted by atomic mass is 9.95. The average molecular weight is 266 g/mol. The van der Waals surface area contributed by atoms with Gasteiger partial charge in [-0.25, -0.2) is 0 Å². The fourth-order valence-corrected chi connectivity index (χ4v) is 3.58. The van der Waals surface area contributed by atoms with Crippen molar-refractivity contribution in [2.24, 2.45) is 5.92 Å². The first kappa shape index (κ1) is 13.3. The van der Waals surface area contributed by atoms with Crippen LogP contribution in [0.2, 0.25) is 0 Å². The number of carbonyl (C=O) groups excluding carboxylic acids is 1. The third-order valence-corrected chi connectivity index (χ3v) is 4.79. The van der Waals surface area contributed by atoms with Gasteiger partial charge in [0.15, 0.2) is 0 Å². The molecule has 0 aromatic carbocycles. The highest BCUT2D eigenvalue weighted by molar-refractivity contribution is 5.78. The fourth-order valence-electron chi connectivity index (χ4n) is 3.58. The van der Waals surface area contributed by atoms with Crippen molar-refractivity contribution in [3.63, 3.8) is 0 Å². The Hall–Kier alpha value is -0.650. The van der Waals surface area contributed by atoms with Gasteiger partial charge in [-0.1, -0.05) is 0 Å². The Morgan fingerprint density at radius 3 is 2.42 bits per heavy atom. The molecule has 5 heteroatoms. The van der Waals surface area contributed by atoms with E-state index in [0.717, 1.165) is 38.5 Å². The van der Waals surface area contributed by atoms with Crippen LogP contribution in [0.3, 0.4) is 0 Å². The molecule has 3 rings (SSSR count). The summed E-state index contributed by atoms with van der Waals surface area (Å²) in [5.41, 5.74) is 0. The summed E-state index contributed by atoms with van der Waals surface area (Å²) in [6, 6.07) is 0. The number of nitrogens with one attached hydrogen (secondary N) is 2. The van der Waals surface area contributed by atoms with Crippen molar-refractivity contribution in [3.05, 3.63) is 0 Å². The molecule has 0 spiro atoms. The predicted octanol–water partition coefficient (Wildman–Crippen LogP) is -0.160. The highest BCUT2D eigenvalue weighted by Crippen LogP contribution is 2.22. The molecule has 0 bridgehead atoms. The number of likely N-dealkylation sites (tertiary alicyclic amines) is 1. The summed E-state index contributed by atoms with van der Waals surface area (Å²) in [6.07, 6.45) is 4.62. The van der Waals surface area contributed by atoms with Gasteiger partial charge < -0.3 is 15.5 Å². The second kappa shape index (κ2) is 6.20. The van der Waals surface area contributed by atoms with Crippen molar-refractivity contribution in [1.82, 2.24) is 20.4 Å². The van der Waals surface area contributed by atoms with Crippen LogP contribution < -0.4 is 10.6 Å². The molecule has 2 N–H and O–H groups in total. The van der Waals surface area contributed by atoms with Crippen molar-refractivity contribution >= 4 is 5.91 Å². The van der Waals surface area contributed by atoms with E-state index in [2.05, 4.69) is 20.4 Å². The normalized spacial score (nSPS) is 31.6. The molecule has 5 nitrogen and oxygen atoms in total. The number of carbonyl (C=O) groups is 1. The first-order valence-corrected chi connectivity index (χ1v) is 7.78. The van der Waals surface area contributed by atoms with Crippen LogP contribution in [0, 0.1) is 5.92 Å². The van der Waals surface area contributed by atoms with Gasteiger partial charge in [0.2, 0.25) is 5.91 Å². The maximum atomic E-state index is 11.3. The van der Waals surface area contributed by atoms with Crippen molar-refractivity contribution in [3.8, 4) is 0 Å². The molecule has 3 aliphatic rings. The van der Waals surface area contributed by atoms with Gasteiger partial charge in [0.05, 0.1) is 6.17 Å². The number of piperidine rings is 1. The predicted molar refractivity (Wildman–Crippen MR) is 74.8 cm³/mol. The molecule has 19 heavy (non-hydrogen) atoms. The van der Waals surface area contributed by atoms with Crippen LogP contribution in [0.25, 0.3) is 0 Å². The molecule has 108 valence electrons. The molecule has 3 fully saturated rings. The van der Waals surface area contributed by atoms with E-state index in [4.69, 9.17) is 0 Å². The molecule has 0 saturated carbocycles. The van der Waals surface area contributed by atoms with Gasteiger partial charge in [-0.3, -0.25) is 9.69 Å². The summed E-state index contributed by atoms with van der Waals surface area (Å²) in [4.78, 5) is 16.3. The Labute approximate surface area is 115 Å². The van der Waals surface area contributed by atoms with Gasteiger partial charge in [-0.2, -0.15) is 0 Å². The Kier molecular flexibility index (Phi) is 4.35. The van der Waals surface area contributed by atoms with Gasteiger partial charge in [-0.05, 0) is 25.2 Å². The molecule has 3 heterocycles. The average Bonchev–Trinajstić information content (AvgIpc) is 2.87. The van der Waals surface area contributed by atoms with Gasteiger partial charge >= 0.3 is 0 Å². The zero-order valence-corrected chi connectivity index (χ0v) is 11.7. The van der Waals surface area contributed by atoms with Crippen LogP contribution in [0.5, 0.6) is 0 Å². The Bertz CT molecular complexity index is 309. The topological polar surface area (TPSA) is 47.6 Å². The largest absolute Gasteiger partial charge is 0.341 e. The maximum absolute atomic E-state index is 11.3. The van der Waals surface area contributed by atoms with Crippen LogP contribution in [0.4, 0.5) is 0 Å². The van der Waals surface area contributed by atoms with Crippen molar-refractivity contribution in [1.29, 1.82) is 0 Å². The van der Waals surface area contributed by atoms with Crippen LogP contribution in [0.1, 0.15) is 25.7 Å². The highest BCUT2D eigenvalue weighted by Gasteiger charge is 2.30. The summed E-state index contributed by atoms with van der Waals surface area (Å²) >= 11 is 0. The molecular formula is C14H26N4O. The first-order valence-electron chi connectivity index (χ1n) is 7.78. The van der Waals surface area contributed by atoms with Crippen LogP contribution in [-0.4, -0.2) is 67.7 Å². The number of nitrogens with zero attached hydrogens (tertiary/aromatic N) is 2. The quantitative estimate of drug-likeness (QED) is 0.745. The second-order valence-electron chi connectivity index (χ2n) is 6.15. The summed E-state index contributed by atoms with van der Waals surface area (Å²) in [5.74, 6) is 1.08. The lowest BCUT2D eigenvalue weighted by molar-refractivity contribution is -0.119. The van der Waals surface area contributed by atoms with Crippen LogP contribution in [0.15, 0.2) is 0 Å². The Balaban J connectivity index is 1.40. The van der Waals surface area contributed by atoms with E-state index in [1.54, 1.807) is 0 Å². The second-order valence-corrected chi connectivity index (χ2v) is 6.15. The number of piperazine rings is 1. The van der Waals surface area contributed by atoms with Crippen LogP contribution >= 0.6 is 0 Å². The molecule has 1 atom stereocenters. The van der Waals surface area contributed by atoms with E-state index in [0.29, 0.717) is 12.6 Å². The van der Waals surface area contributed by atoms with E-state index in [9.17, 15) is 4.79 Å². The maximum Gasteiger partial charge on any atom is 0.221 e. The summed E-state index contributed by atoms with van der Waals surface area (Å²) in [6.45, 7) is 8.29. The van der Waals surface area contributed by atoms with Gasteiger partial charge in [0.25, 0.3) is 0 Å². The molecule has 1 amide bonds. The molecule has 0 aromatic heterocycles. The van der Waals surface area contributed by atoms with Crippen LogP contribution in [-0.2, 0) is 4.79 Å². The Morgan fingerprint density at radius 1 is 1.05 bits per heavy atom. The number of amides is 1. The number of hydrogen-bond acceptors (Lipinski definition) is 4. The minimum Gasteiger partial charge on any atom is -0.341 e. The van der Waals surface area contributed by atoms with E-state index in [-0.39, 0.29) is 5.91 Å². The Morgan fingerprint density at radius 2 is 1.79 bits per heavy atom. The summed E-state index contributed by atoms with van der Waals surface area (Å²) < 4.78 is 0. The molecule has 0 aliphatic carbocycles. The van der Waals surface area contributed by atoms with E-state index in [1.165, 1.54) is 32.5 Å². The van der Waals surface area contributed by atoms with Gasteiger partial charge in [0, 0.05) is 52.2 Å². The van der Waals surface area contributed by atoms with Crippen molar-refractivity contribution in [2.45, 2.75) is 31.8 Å². The lowest BCUT2D eigenvalue weighted by Gasteiger charge is -2.38. The third-order valence-electron chi connectivity index (χ3n) is 4.79. The zero-order valence-electron chi connectivity index (χ0n) is 11.7. The van der Waals surface area contributed by atoms with Crippen molar-refractivity contribution in [2.75, 3.05) is 45.8 Å². The van der Waals surface area contributed by atoms with Gasteiger partial charge in [-0.15, -0.1) is 0 Å². The standard InChI is InChI=1S/C14H26N4O/c19-14-2-1-13(16-14)18-7-3-12(4-8-18)11-17-9-5-15-6-10-17/h12-13,15H,1-11H2,(H,16,19). The molecule has 1 unspecified atom stereocenters. The number of hydrogen-bond donors (Lipinski definition) is 2. The minimum absolute atomic E-state index is 0.230. The van der Waals surface area contributed by atoms with E-state index in [1.807, 2.05) is 0 Å². The molecule has 3 saturated heterocycles.